The number of rotatable bonds is 6. The predicted octanol–water partition coefficient (Wildman–Crippen LogP) is 3.02. The van der Waals surface area contributed by atoms with E-state index in [-0.39, 0.29) is 36.8 Å². The lowest BCUT2D eigenvalue weighted by atomic mass is 9.89. The van der Waals surface area contributed by atoms with E-state index in [1.807, 2.05) is 0 Å². The van der Waals surface area contributed by atoms with Crippen molar-refractivity contribution in [3.05, 3.63) is 35.4 Å². The van der Waals surface area contributed by atoms with E-state index in [1.165, 1.54) is 18.4 Å². The minimum absolute atomic E-state index is 0. The number of aliphatic hydroxyl groups excluding tert-OH is 1. The Bertz CT molecular complexity index is 623. The van der Waals surface area contributed by atoms with Gasteiger partial charge in [0.25, 0.3) is 0 Å². The third kappa shape index (κ3) is 7.11. The van der Waals surface area contributed by atoms with Crippen LogP contribution in [0.4, 0.5) is 0 Å². The monoisotopic (exact) mass is 443 g/mol. The smallest absolute Gasteiger partial charge is 0.220 e. The minimum atomic E-state index is -0.118. The zero-order valence-electron chi connectivity index (χ0n) is 17.0. The van der Waals surface area contributed by atoms with Gasteiger partial charge in [0.2, 0.25) is 5.91 Å². The molecule has 29 heavy (non-hydrogen) atoms. The fourth-order valence-electron chi connectivity index (χ4n) is 4.97. The number of aliphatic hydroxyl groups is 1. The molecule has 5 nitrogen and oxygen atoms in total. The Morgan fingerprint density at radius 2 is 1.59 bits per heavy atom. The van der Waals surface area contributed by atoms with Crippen molar-refractivity contribution in [2.45, 2.75) is 76.2 Å². The van der Waals surface area contributed by atoms with Crippen LogP contribution in [0.2, 0.25) is 0 Å². The number of amides is 1. The van der Waals surface area contributed by atoms with E-state index < -0.39 is 0 Å². The Hall–Kier alpha value is -0.850. The van der Waals surface area contributed by atoms with Gasteiger partial charge in [0.1, 0.15) is 0 Å². The molecular formula is C22H35Cl2N3O2. The van der Waals surface area contributed by atoms with Crippen LogP contribution in [-0.4, -0.2) is 47.2 Å². The van der Waals surface area contributed by atoms with Crippen molar-refractivity contribution in [1.82, 2.24) is 15.5 Å². The van der Waals surface area contributed by atoms with Crippen LogP contribution >= 0.6 is 24.8 Å². The van der Waals surface area contributed by atoms with Gasteiger partial charge in [0, 0.05) is 44.7 Å². The topological polar surface area (TPSA) is 64.6 Å². The van der Waals surface area contributed by atoms with Crippen molar-refractivity contribution in [3.8, 4) is 0 Å². The molecule has 3 aliphatic rings. The van der Waals surface area contributed by atoms with Crippen LogP contribution in [0.3, 0.4) is 0 Å². The quantitative estimate of drug-likeness (QED) is 0.631. The lowest BCUT2D eigenvalue weighted by Gasteiger charge is -2.29. The highest BCUT2D eigenvalue weighted by Gasteiger charge is 2.34. The lowest BCUT2D eigenvalue weighted by Crippen LogP contribution is -2.39. The van der Waals surface area contributed by atoms with Crippen LogP contribution in [-0.2, 0) is 17.9 Å². The normalized spacial score (nSPS) is 27.0. The molecule has 164 valence electrons. The molecule has 0 spiro atoms. The van der Waals surface area contributed by atoms with Gasteiger partial charge in [0.05, 0.1) is 6.10 Å². The molecule has 1 aromatic carbocycles. The molecule has 3 N–H and O–H groups in total. The molecule has 0 radical (unpaired) electrons. The molecule has 1 aromatic rings. The molecule has 3 fully saturated rings. The largest absolute Gasteiger partial charge is 0.393 e. The van der Waals surface area contributed by atoms with E-state index in [1.54, 1.807) is 0 Å². The highest BCUT2D eigenvalue weighted by molar-refractivity contribution is 5.85. The van der Waals surface area contributed by atoms with Crippen molar-refractivity contribution in [2.75, 3.05) is 13.1 Å². The minimum Gasteiger partial charge on any atom is -0.393 e. The second kappa shape index (κ2) is 11.5. The van der Waals surface area contributed by atoms with Crippen molar-refractivity contribution in [3.63, 3.8) is 0 Å². The third-order valence-corrected chi connectivity index (χ3v) is 6.52. The number of hydrogen-bond donors (Lipinski definition) is 3. The molecule has 0 saturated carbocycles. The number of halogens is 2. The Kier molecular flexibility index (Phi) is 9.70. The summed E-state index contributed by atoms with van der Waals surface area (Å²) in [4.78, 5) is 14.7. The number of piperidine rings is 2. The zero-order chi connectivity index (χ0) is 18.6. The summed E-state index contributed by atoms with van der Waals surface area (Å²) >= 11 is 0. The van der Waals surface area contributed by atoms with E-state index in [4.69, 9.17) is 0 Å². The standard InChI is InChI=1S/C22H33N3O2.2ClH/c26-21-7-9-25(10-8-21)15-17-3-1-16(2-4-17)14-23-22(27)13-18-11-19-5-6-20(12-18)24-19;;/h1-4,18-21,24,26H,5-15H2,(H,23,27);2*1H. The molecule has 1 amide bonds. The van der Waals surface area contributed by atoms with Gasteiger partial charge in [-0.3, -0.25) is 9.69 Å². The maximum atomic E-state index is 12.3. The first-order valence-electron chi connectivity index (χ1n) is 10.6. The van der Waals surface area contributed by atoms with E-state index in [0.717, 1.165) is 50.9 Å². The van der Waals surface area contributed by atoms with Crippen LogP contribution in [0.15, 0.2) is 24.3 Å². The summed E-state index contributed by atoms with van der Waals surface area (Å²) in [5, 5.41) is 16.3. The fraction of sp³-hybridized carbons (Fsp3) is 0.682. The number of nitrogens with zero attached hydrogens (tertiary/aromatic N) is 1. The van der Waals surface area contributed by atoms with Gasteiger partial charge in [-0.2, -0.15) is 0 Å². The van der Waals surface area contributed by atoms with E-state index in [9.17, 15) is 9.90 Å². The van der Waals surface area contributed by atoms with Gasteiger partial charge in [-0.1, -0.05) is 24.3 Å². The number of benzene rings is 1. The average Bonchev–Trinajstić information content (AvgIpc) is 3.01. The first-order valence-corrected chi connectivity index (χ1v) is 10.6. The first-order chi connectivity index (χ1) is 13.1. The number of carbonyl (C=O) groups excluding carboxylic acids is 1. The third-order valence-electron chi connectivity index (χ3n) is 6.52. The fourth-order valence-corrected chi connectivity index (χ4v) is 4.97. The summed E-state index contributed by atoms with van der Waals surface area (Å²) in [6.45, 7) is 3.50. The summed E-state index contributed by atoms with van der Waals surface area (Å²) in [5.74, 6) is 0.742. The number of likely N-dealkylation sites (tertiary alicyclic amines) is 1. The molecule has 7 heteroatoms. The first kappa shape index (κ1) is 24.4. The molecule has 3 heterocycles. The summed E-state index contributed by atoms with van der Waals surface area (Å²) < 4.78 is 0. The summed E-state index contributed by atoms with van der Waals surface area (Å²) in [6.07, 6.45) is 7.20. The second-order valence-corrected chi connectivity index (χ2v) is 8.78. The van der Waals surface area contributed by atoms with E-state index in [0.29, 0.717) is 31.0 Å². The molecule has 2 bridgehead atoms. The maximum absolute atomic E-state index is 12.3. The van der Waals surface area contributed by atoms with Crippen LogP contribution < -0.4 is 10.6 Å². The molecule has 2 unspecified atom stereocenters. The van der Waals surface area contributed by atoms with Crippen LogP contribution in [0, 0.1) is 5.92 Å². The molecular weight excluding hydrogens is 409 g/mol. The second-order valence-electron chi connectivity index (χ2n) is 8.78. The van der Waals surface area contributed by atoms with E-state index in [2.05, 4.69) is 39.8 Å². The summed E-state index contributed by atoms with van der Waals surface area (Å²) in [5.41, 5.74) is 2.46. The summed E-state index contributed by atoms with van der Waals surface area (Å²) in [6, 6.07) is 9.88. The van der Waals surface area contributed by atoms with Crippen LogP contribution in [0.25, 0.3) is 0 Å². The van der Waals surface area contributed by atoms with Gasteiger partial charge in [-0.15, -0.1) is 24.8 Å². The number of fused-ring (bicyclic) bond motifs is 2. The Balaban J connectivity index is 0.00000150. The highest BCUT2D eigenvalue weighted by Crippen LogP contribution is 2.32. The number of carbonyl (C=O) groups is 1. The maximum Gasteiger partial charge on any atom is 0.220 e. The van der Waals surface area contributed by atoms with Gasteiger partial charge >= 0.3 is 0 Å². The highest BCUT2D eigenvalue weighted by atomic mass is 35.5. The molecule has 3 saturated heterocycles. The number of nitrogens with one attached hydrogen (secondary N) is 2. The molecule has 0 aliphatic carbocycles. The molecule has 3 aliphatic heterocycles. The van der Waals surface area contributed by atoms with Crippen LogP contribution in [0.1, 0.15) is 56.1 Å². The molecule has 4 rings (SSSR count). The predicted molar refractivity (Wildman–Crippen MR) is 121 cm³/mol. The van der Waals surface area contributed by atoms with Gasteiger partial charge in [-0.25, -0.2) is 0 Å². The van der Waals surface area contributed by atoms with Gasteiger partial charge in [-0.05, 0) is 55.6 Å². The lowest BCUT2D eigenvalue weighted by molar-refractivity contribution is -0.122. The number of hydrogen-bond acceptors (Lipinski definition) is 4. The van der Waals surface area contributed by atoms with Gasteiger partial charge in [0.15, 0.2) is 0 Å². The Morgan fingerprint density at radius 3 is 2.21 bits per heavy atom. The van der Waals surface area contributed by atoms with Gasteiger partial charge < -0.3 is 15.7 Å². The van der Waals surface area contributed by atoms with Crippen molar-refractivity contribution >= 4 is 30.7 Å². The van der Waals surface area contributed by atoms with E-state index >= 15 is 0 Å². The molecule has 2 atom stereocenters. The van der Waals surface area contributed by atoms with Crippen molar-refractivity contribution < 1.29 is 9.90 Å². The SMILES string of the molecule is Cl.Cl.O=C(CC1CC2CCC(C1)N2)NCc1ccc(CN2CCC(O)CC2)cc1. The molecule has 0 aromatic heterocycles. The summed E-state index contributed by atoms with van der Waals surface area (Å²) in [7, 11) is 0. The Morgan fingerprint density at radius 1 is 1.00 bits per heavy atom. The average molecular weight is 444 g/mol. The van der Waals surface area contributed by atoms with Crippen LogP contribution in [0.5, 0.6) is 0 Å². The van der Waals surface area contributed by atoms with Crippen molar-refractivity contribution in [1.29, 1.82) is 0 Å². The zero-order valence-corrected chi connectivity index (χ0v) is 18.6. The Labute approximate surface area is 186 Å². The van der Waals surface area contributed by atoms with Crippen molar-refractivity contribution in [2.24, 2.45) is 5.92 Å².